The van der Waals surface area contributed by atoms with Gasteiger partial charge in [0.1, 0.15) is 5.15 Å². The smallest absolute Gasteiger partial charge is 0.262 e. The lowest BCUT2D eigenvalue weighted by molar-refractivity contribution is 0.402. The average Bonchev–Trinajstić information content (AvgIpc) is 2.37. The quantitative estimate of drug-likeness (QED) is 0.858. The van der Waals surface area contributed by atoms with Crippen LogP contribution in [0.25, 0.3) is 0 Å². The molecule has 5 nitrogen and oxygen atoms in total. The highest BCUT2D eigenvalue weighted by Gasteiger charge is 2.15. The minimum Gasteiger partial charge on any atom is -0.305 e. The Balaban J connectivity index is 2.24. The van der Waals surface area contributed by atoms with Crippen molar-refractivity contribution >= 4 is 27.3 Å². The summed E-state index contributed by atoms with van der Waals surface area (Å²) in [5.41, 5.74) is 1.54. The zero-order valence-electron chi connectivity index (χ0n) is 11.7. The van der Waals surface area contributed by atoms with Crippen LogP contribution in [0, 0.1) is 0 Å². The molecule has 0 aliphatic heterocycles. The van der Waals surface area contributed by atoms with Crippen molar-refractivity contribution in [1.29, 1.82) is 0 Å². The van der Waals surface area contributed by atoms with Crippen molar-refractivity contribution in [3.8, 4) is 0 Å². The number of halogens is 1. The standard InChI is InChI=1S/C14H16ClN3O2S/c1-18(2)10-11-4-3-5-12(8-11)17-21(19,20)13-6-7-16-14(15)9-13/h3-9,17H,10H2,1-2H3. The normalized spacial score (nSPS) is 11.6. The van der Waals surface area contributed by atoms with E-state index in [1.165, 1.54) is 18.3 Å². The number of hydrogen-bond acceptors (Lipinski definition) is 4. The number of benzene rings is 1. The van der Waals surface area contributed by atoms with Crippen LogP contribution in [-0.4, -0.2) is 32.4 Å². The minimum absolute atomic E-state index is 0.0838. The van der Waals surface area contributed by atoms with E-state index in [0.29, 0.717) is 5.69 Å². The molecule has 112 valence electrons. The molecule has 0 bridgehead atoms. The molecule has 0 spiro atoms. The van der Waals surface area contributed by atoms with Gasteiger partial charge in [0.05, 0.1) is 4.90 Å². The molecule has 0 saturated heterocycles. The van der Waals surface area contributed by atoms with E-state index in [-0.39, 0.29) is 10.0 Å². The summed E-state index contributed by atoms with van der Waals surface area (Å²) in [4.78, 5) is 5.87. The maximum atomic E-state index is 12.3. The summed E-state index contributed by atoms with van der Waals surface area (Å²) in [5.74, 6) is 0. The number of nitrogens with one attached hydrogen (secondary N) is 1. The molecular weight excluding hydrogens is 310 g/mol. The number of nitrogens with zero attached hydrogens (tertiary/aromatic N) is 2. The van der Waals surface area contributed by atoms with Crippen molar-refractivity contribution in [2.24, 2.45) is 0 Å². The van der Waals surface area contributed by atoms with Crippen molar-refractivity contribution in [2.75, 3.05) is 18.8 Å². The van der Waals surface area contributed by atoms with E-state index in [9.17, 15) is 8.42 Å². The predicted molar refractivity (Wildman–Crippen MR) is 83.9 cm³/mol. The Morgan fingerprint density at radius 2 is 2.00 bits per heavy atom. The fourth-order valence-electron chi connectivity index (χ4n) is 1.86. The molecule has 2 aromatic rings. The molecule has 1 N–H and O–H groups in total. The maximum Gasteiger partial charge on any atom is 0.262 e. The third-order valence-corrected chi connectivity index (χ3v) is 4.27. The lowest BCUT2D eigenvalue weighted by Crippen LogP contribution is -2.14. The third-order valence-electron chi connectivity index (χ3n) is 2.69. The highest BCUT2D eigenvalue weighted by molar-refractivity contribution is 7.92. The SMILES string of the molecule is CN(C)Cc1cccc(NS(=O)(=O)c2ccnc(Cl)c2)c1. The Morgan fingerprint density at radius 3 is 2.67 bits per heavy atom. The van der Waals surface area contributed by atoms with Gasteiger partial charge in [-0.1, -0.05) is 23.7 Å². The van der Waals surface area contributed by atoms with Crippen LogP contribution in [0.2, 0.25) is 5.15 Å². The largest absolute Gasteiger partial charge is 0.305 e. The number of pyridine rings is 1. The lowest BCUT2D eigenvalue weighted by atomic mass is 10.2. The van der Waals surface area contributed by atoms with Crippen molar-refractivity contribution < 1.29 is 8.42 Å². The molecule has 1 aromatic heterocycles. The van der Waals surface area contributed by atoms with Crippen LogP contribution in [-0.2, 0) is 16.6 Å². The molecule has 0 aliphatic carbocycles. The molecule has 0 unspecified atom stereocenters. The third kappa shape index (κ3) is 4.42. The summed E-state index contributed by atoms with van der Waals surface area (Å²) in [6.45, 7) is 0.733. The first kappa shape index (κ1) is 15.8. The van der Waals surface area contributed by atoms with Crippen LogP contribution in [0.5, 0.6) is 0 Å². The van der Waals surface area contributed by atoms with Gasteiger partial charge in [-0.15, -0.1) is 0 Å². The van der Waals surface area contributed by atoms with E-state index in [1.54, 1.807) is 12.1 Å². The molecule has 0 radical (unpaired) electrons. The number of hydrogen-bond donors (Lipinski definition) is 1. The van der Waals surface area contributed by atoms with Crippen molar-refractivity contribution in [3.63, 3.8) is 0 Å². The van der Waals surface area contributed by atoms with Gasteiger partial charge >= 0.3 is 0 Å². The van der Waals surface area contributed by atoms with Gasteiger partial charge in [0.2, 0.25) is 0 Å². The van der Waals surface area contributed by atoms with Crippen molar-refractivity contribution in [1.82, 2.24) is 9.88 Å². The second-order valence-corrected chi connectivity index (χ2v) is 6.93. The number of sulfonamides is 1. The van der Waals surface area contributed by atoms with E-state index in [0.717, 1.165) is 12.1 Å². The first-order chi connectivity index (χ1) is 9.87. The zero-order chi connectivity index (χ0) is 15.5. The summed E-state index contributed by atoms with van der Waals surface area (Å²) in [5, 5.41) is 0.138. The molecule has 0 fully saturated rings. The molecule has 1 heterocycles. The van der Waals surface area contributed by atoms with Gasteiger partial charge in [-0.25, -0.2) is 13.4 Å². The van der Waals surface area contributed by atoms with Gasteiger partial charge in [-0.3, -0.25) is 4.72 Å². The first-order valence-electron chi connectivity index (χ1n) is 6.25. The summed E-state index contributed by atoms with van der Waals surface area (Å²) >= 11 is 5.73. The molecule has 0 aliphatic rings. The summed E-state index contributed by atoms with van der Waals surface area (Å²) in [7, 11) is 0.239. The Morgan fingerprint density at radius 1 is 1.24 bits per heavy atom. The fraction of sp³-hybridized carbons (Fsp3) is 0.214. The predicted octanol–water partition coefficient (Wildman–Crippen LogP) is 2.60. The molecule has 0 saturated carbocycles. The van der Waals surface area contributed by atoms with Gasteiger partial charge in [0.15, 0.2) is 0 Å². The van der Waals surface area contributed by atoms with Crippen molar-refractivity contribution in [3.05, 3.63) is 53.3 Å². The molecule has 2 rings (SSSR count). The van der Waals surface area contributed by atoms with Crippen LogP contribution < -0.4 is 4.72 Å². The monoisotopic (exact) mass is 325 g/mol. The van der Waals surface area contributed by atoms with Gasteiger partial charge in [-0.05, 0) is 43.9 Å². The topological polar surface area (TPSA) is 62.3 Å². The molecule has 0 atom stereocenters. The van der Waals surface area contributed by atoms with E-state index in [4.69, 9.17) is 11.6 Å². The second kappa shape index (κ2) is 6.43. The summed E-state index contributed by atoms with van der Waals surface area (Å²) in [6.07, 6.45) is 1.36. The van der Waals surface area contributed by atoms with Gasteiger partial charge in [0, 0.05) is 18.4 Å². The van der Waals surface area contributed by atoms with Crippen molar-refractivity contribution in [2.45, 2.75) is 11.4 Å². The van der Waals surface area contributed by atoms with Gasteiger partial charge < -0.3 is 4.90 Å². The van der Waals surface area contributed by atoms with Crippen LogP contribution in [0.4, 0.5) is 5.69 Å². The Hall–Kier alpha value is -1.63. The van der Waals surface area contributed by atoms with Gasteiger partial charge in [0.25, 0.3) is 10.0 Å². The molecule has 7 heteroatoms. The Bertz CT molecular complexity index is 733. The van der Waals surface area contributed by atoms with Crippen LogP contribution >= 0.6 is 11.6 Å². The molecule has 0 amide bonds. The molecular formula is C14H16ClN3O2S. The maximum absolute atomic E-state index is 12.3. The van der Waals surface area contributed by atoms with Gasteiger partial charge in [-0.2, -0.15) is 0 Å². The van der Waals surface area contributed by atoms with Crippen LogP contribution in [0.15, 0.2) is 47.5 Å². The first-order valence-corrected chi connectivity index (χ1v) is 8.11. The Kier molecular flexibility index (Phi) is 4.82. The summed E-state index contributed by atoms with van der Waals surface area (Å²) in [6, 6.07) is 9.99. The highest BCUT2D eigenvalue weighted by atomic mass is 35.5. The average molecular weight is 326 g/mol. The molecule has 21 heavy (non-hydrogen) atoms. The lowest BCUT2D eigenvalue weighted by Gasteiger charge is -2.12. The van der Waals surface area contributed by atoms with E-state index < -0.39 is 10.0 Å². The molecule has 1 aromatic carbocycles. The number of anilines is 1. The number of aromatic nitrogens is 1. The van der Waals surface area contributed by atoms with E-state index in [1.807, 2.05) is 31.1 Å². The second-order valence-electron chi connectivity index (χ2n) is 4.86. The zero-order valence-corrected chi connectivity index (χ0v) is 13.3. The Labute approximate surface area is 129 Å². The van der Waals surface area contributed by atoms with Crippen LogP contribution in [0.3, 0.4) is 0 Å². The highest BCUT2D eigenvalue weighted by Crippen LogP contribution is 2.19. The number of rotatable bonds is 5. The van der Waals surface area contributed by atoms with E-state index in [2.05, 4.69) is 9.71 Å². The van der Waals surface area contributed by atoms with E-state index >= 15 is 0 Å². The fourth-order valence-corrected chi connectivity index (χ4v) is 3.16. The van der Waals surface area contributed by atoms with Crippen LogP contribution in [0.1, 0.15) is 5.56 Å². The summed E-state index contributed by atoms with van der Waals surface area (Å²) < 4.78 is 27.1. The minimum atomic E-state index is -3.67.